The monoisotopic (exact) mass is 1740 g/mol. The van der Waals surface area contributed by atoms with Gasteiger partial charge in [-0.2, -0.15) is 0 Å². The fourth-order valence-corrected chi connectivity index (χ4v) is 20.3. The van der Waals surface area contributed by atoms with E-state index in [-0.39, 0.29) is 0 Å². The Kier molecular flexibility index (Phi) is 25.3. The van der Waals surface area contributed by atoms with Crippen LogP contribution in [0.4, 0.5) is 0 Å². The van der Waals surface area contributed by atoms with Gasteiger partial charge in [-0.05, 0) is 234 Å². The molecule has 0 radical (unpaired) electrons. The number of benzene rings is 10. The molecule has 5 nitrogen and oxygen atoms in total. The second kappa shape index (κ2) is 40.7. The van der Waals surface area contributed by atoms with Gasteiger partial charge in [-0.3, -0.25) is 0 Å². The number of pyridine rings is 5. The van der Waals surface area contributed by atoms with Gasteiger partial charge in [-0.15, -0.1) is 0 Å². The maximum Gasteiger partial charge on any atom is 0.212 e. The van der Waals surface area contributed by atoms with E-state index in [1.54, 1.807) is 6.20 Å². The van der Waals surface area contributed by atoms with E-state index < -0.39 is 68.4 Å². The molecule has 127 heavy (non-hydrogen) atoms. The van der Waals surface area contributed by atoms with Crippen LogP contribution in [-0.4, -0.2) is 24.2 Å². The van der Waals surface area contributed by atoms with E-state index in [1.807, 2.05) is 204 Å². The van der Waals surface area contributed by atoms with Crippen molar-refractivity contribution < 1.29 is 40.7 Å². The molecule has 10 aromatic carbocycles. The Balaban J connectivity index is 0.000000168. The summed E-state index contributed by atoms with van der Waals surface area (Å²) < 4.78 is 117. The lowest BCUT2D eigenvalue weighted by atomic mass is 9.86. The number of hydrogen-bond donors (Lipinski definition) is 0. The zero-order chi connectivity index (χ0) is 103. The quantitative estimate of drug-likeness (QED) is 0.0720. The number of rotatable bonds is 15. The van der Waals surface area contributed by atoms with Gasteiger partial charge in [0.2, 0.25) is 28.5 Å². The first-order chi connectivity index (χ1) is 65.0. The van der Waals surface area contributed by atoms with Gasteiger partial charge in [-0.1, -0.05) is 313 Å². The van der Waals surface area contributed by atoms with Crippen molar-refractivity contribution >= 4 is 39.8 Å². The molecule has 0 fully saturated rings. The smallest absolute Gasteiger partial charge is 0.201 e. The highest BCUT2D eigenvalue weighted by molar-refractivity contribution is 6.89. The summed E-state index contributed by atoms with van der Waals surface area (Å²) in [6, 6.07) is 93.4. The number of aromatic nitrogens is 5. The van der Waals surface area contributed by atoms with Gasteiger partial charge in [0, 0.05) is 103 Å². The highest BCUT2D eigenvalue weighted by atomic mass is 28.3. The number of hydrogen-bond acceptors (Lipinski definition) is 0. The largest absolute Gasteiger partial charge is 0.212 e. The Bertz CT molecular complexity index is 6940. The van der Waals surface area contributed by atoms with E-state index in [1.165, 1.54) is 54.9 Å². The van der Waals surface area contributed by atoms with Crippen LogP contribution in [0.5, 0.6) is 0 Å². The van der Waals surface area contributed by atoms with Gasteiger partial charge in [-0.25, -0.2) is 22.8 Å². The van der Waals surface area contributed by atoms with E-state index in [2.05, 4.69) is 301 Å². The first-order valence-electron chi connectivity index (χ1n) is 51.0. The minimum atomic E-state index is -2.15. The van der Waals surface area contributed by atoms with Crippen LogP contribution in [0.3, 0.4) is 0 Å². The molecule has 0 bridgehead atoms. The van der Waals surface area contributed by atoms with Gasteiger partial charge in [0.05, 0.1) is 24.2 Å². The second-order valence-corrected chi connectivity index (χ2v) is 54.7. The summed E-state index contributed by atoms with van der Waals surface area (Å²) >= 11 is 0. The standard InChI is InChI=1S/C27H36NSi.C25H30N.2C23H28NSi.C21H22N/c1-20-14-15-22(21-12-10-9-11-13-21)16-24(20)25-17-23(18-27(2,3)4)26(19-28(25)5)29(6,7)8;1-18-12-13-21(20-10-8-7-9-11-20)15-23(18)24-14-19(2)22(17-26(24)6)16-25(3,4)5;1-17-14-18(2)22(15-21(17)19-10-8-7-9-11-19)23-13-12-20(16-24(23)3)25(4,5)6;1-17-12-13-20(19-10-8-7-9-11-19)15-21(17)22-14-18(2)23(16-24(22)3)25(4,5)6;1-15-10-11-19(18-8-6-5-7-9-18)13-20(15)21-12-16(2)17(3)14-22(21)4/h9-17,19H,18H2,1-8H3;7-15,17H,16H2,1-6H3;2*7-16H,1-6H3;5-14H,1-4H3/q5*+1/i18D2;16D2;1D3;2D3;3D3. The first kappa shape index (κ1) is 79.0. The topological polar surface area (TPSA) is 19.4 Å². The van der Waals surface area contributed by atoms with E-state index in [0.29, 0.717) is 16.7 Å². The van der Waals surface area contributed by atoms with Crippen LogP contribution in [0.15, 0.2) is 304 Å². The molecule has 0 spiro atoms. The minimum Gasteiger partial charge on any atom is -0.201 e. The van der Waals surface area contributed by atoms with Crippen LogP contribution >= 0.6 is 0 Å². The fourth-order valence-electron chi connectivity index (χ4n) is 16.1. The number of aryl methyl sites for hydroxylation is 15. The molecule has 652 valence electrons. The zero-order valence-corrected chi connectivity index (χ0v) is 83.6. The molecule has 0 N–H and O–H groups in total. The Morgan fingerprint density at radius 3 is 0.921 bits per heavy atom. The van der Waals surface area contributed by atoms with E-state index in [9.17, 15) is 0 Å². The molecular weight excluding hydrogens is 1580 g/mol. The molecule has 5 aromatic heterocycles. The van der Waals surface area contributed by atoms with Gasteiger partial charge in [0.15, 0.2) is 31.0 Å². The first-order valence-corrected chi connectivity index (χ1v) is 55.0. The maximum absolute atomic E-state index is 9.08. The summed E-state index contributed by atoms with van der Waals surface area (Å²) in [6.07, 6.45) is 7.30. The molecule has 15 aromatic rings. The van der Waals surface area contributed by atoms with Crippen molar-refractivity contribution in [3.63, 3.8) is 0 Å². The highest BCUT2D eigenvalue weighted by Crippen LogP contribution is 2.37. The fraction of sp³-hybridized carbons (Fsp3) is 0.286. The van der Waals surface area contributed by atoms with E-state index in [4.69, 9.17) is 17.8 Å². The van der Waals surface area contributed by atoms with Crippen molar-refractivity contribution in [2.24, 2.45) is 46.1 Å². The van der Waals surface area contributed by atoms with Crippen molar-refractivity contribution in [3.8, 4) is 112 Å². The molecule has 0 aliphatic carbocycles. The average Bonchev–Trinajstić information content (AvgIpc) is 0.749. The van der Waals surface area contributed by atoms with E-state index >= 15 is 0 Å². The molecule has 0 unspecified atom stereocenters. The van der Waals surface area contributed by atoms with Crippen LogP contribution in [0.1, 0.15) is 126 Å². The van der Waals surface area contributed by atoms with Gasteiger partial charge < -0.3 is 0 Å². The third-order valence-corrected chi connectivity index (χ3v) is 29.4. The summed E-state index contributed by atoms with van der Waals surface area (Å²) in [5.41, 5.74) is 31.2. The van der Waals surface area contributed by atoms with Crippen molar-refractivity contribution in [1.29, 1.82) is 0 Å². The summed E-state index contributed by atoms with van der Waals surface area (Å²) in [4.78, 5) is 0. The third-order valence-electron chi connectivity index (χ3n) is 23.4. The lowest BCUT2D eigenvalue weighted by molar-refractivity contribution is -0.661. The van der Waals surface area contributed by atoms with Gasteiger partial charge in [0.1, 0.15) is 35.2 Å². The predicted molar refractivity (Wildman–Crippen MR) is 555 cm³/mol. The Morgan fingerprint density at radius 2 is 0.559 bits per heavy atom. The van der Waals surface area contributed by atoms with Gasteiger partial charge in [0.25, 0.3) is 0 Å². The molecule has 8 heteroatoms. The molecular formula is C119H144N5Si3+5. The molecule has 0 saturated carbocycles. The van der Waals surface area contributed by atoms with Crippen molar-refractivity contribution in [3.05, 3.63) is 371 Å². The van der Waals surface area contributed by atoms with Crippen molar-refractivity contribution in [2.75, 3.05) is 0 Å². The third kappa shape index (κ3) is 24.9. The molecule has 0 aliphatic heterocycles. The van der Waals surface area contributed by atoms with Crippen LogP contribution in [0, 0.1) is 79.9 Å². The normalized spacial score (nSPS) is 13.6. The van der Waals surface area contributed by atoms with Crippen LogP contribution in [0.25, 0.3) is 112 Å². The zero-order valence-electron chi connectivity index (χ0n) is 93.6. The molecule has 0 aliphatic rings. The average molecular weight is 1740 g/mol. The molecule has 5 heterocycles. The Labute approximate surface area is 786 Å². The van der Waals surface area contributed by atoms with Crippen LogP contribution in [0.2, 0.25) is 58.9 Å². The van der Waals surface area contributed by atoms with Crippen LogP contribution in [-0.2, 0) is 48.0 Å². The number of nitrogens with zero attached hydrogens (tertiary/aromatic N) is 5. The molecule has 15 rings (SSSR count). The predicted octanol–water partition coefficient (Wildman–Crippen LogP) is 27.1. The van der Waals surface area contributed by atoms with E-state index in [0.717, 1.165) is 123 Å². The summed E-state index contributed by atoms with van der Waals surface area (Å²) in [5.74, 6) is 0. The highest BCUT2D eigenvalue weighted by Gasteiger charge is 2.31. The molecule has 0 atom stereocenters. The summed E-state index contributed by atoms with van der Waals surface area (Å²) in [5, 5.41) is 3.59. The SMILES string of the molecule is [2H]C([2H])([2H])c1c[n+](C)c(-c2cc(-c3ccccc3)ccc2C)cc1C.[2H]C([2H])([2H])c1cc(-c2cc(-c3ccccc3)ccc2C)[n+](C)cc1[Si](C)(C)C.[2H]C([2H])([2H])c1cc(C)c(-c2ccc([Si](C)(C)C)c[n+]2C)cc1-c1ccccc1.[2H]C([2H])(c1c[n+](C)c(-c2cc(-c3ccccc3)ccc2C)cc1C)C(C)(C)C.[2H]C([2H])(c1cc(-c2cc(-c3ccccc3)ccc2C)[n+](C)cc1[Si](C)(C)C)C(C)(C)C. The maximum atomic E-state index is 9.08. The van der Waals surface area contributed by atoms with Crippen molar-refractivity contribution in [2.45, 2.75) is 182 Å². The molecule has 0 amide bonds. The van der Waals surface area contributed by atoms with Crippen molar-refractivity contribution in [1.82, 2.24) is 0 Å². The summed E-state index contributed by atoms with van der Waals surface area (Å²) in [7, 11) is 5.12. The lowest BCUT2D eigenvalue weighted by Gasteiger charge is -2.25. The minimum absolute atomic E-state index is 0.399. The second-order valence-electron chi connectivity index (χ2n) is 39.5. The lowest BCUT2D eigenvalue weighted by Crippen LogP contribution is -2.47. The van der Waals surface area contributed by atoms with Crippen LogP contribution < -0.4 is 38.4 Å². The Hall–Kier alpha value is -11.4. The summed E-state index contributed by atoms with van der Waals surface area (Å²) in [6.45, 7) is 40.2. The Morgan fingerprint density at radius 1 is 0.236 bits per heavy atom. The van der Waals surface area contributed by atoms with Gasteiger partial charge >= 0.3 is 0 Å². The molecule has 0 saturated heterocycles.